The zero-order chi connectivity index (χ0) is 17.4. The molecule has 0 radical (unpaired) electrons. The predicted octanol–water partition coefficient (Wildman–Crippen LogP) is 0.780. The van der Waals surface area contributed by atoms with Crippen molar-refractivity contribution in [3.05, 3.63) is 36.0 Å². The van der Waals surface area contributed by atoms with Crippen LogP contribution in [0.25, 0.3) is 0 Å². The second kappa shape index (κ2) is 5.95. The molecule has 0 spiro atoms. The fourth-order valence-corrected chi connectivity index (χ4v) is 4.08. The molecule has 2 rings (SSSR count). The molecule has 0 fully saturated rings. The third kappa shape index (κ3) is 3.38. The highest BCUT2D eigenvalue weighted by Crippen LogP contribution is 2.24. The Bertz CT molecular complexity index is 931. The summed E-state index contributed by atoms with van der Waals surface area (Å²) in [6, 6.07) is 5.65. The smallest absolute Gasteiger partial charge is 0.278 e. The van der Waals surface area contributed by atoms with Gasteiger partial charge in [0.1, 0.15) is 0 Å². The maximum atomic E-state index is 12.4. The molecule has 1 N–H and O–H groups in total. The number of aryl methyl sites for hydroxylation is 2. The van der Waals surface area contributed by atoms with E-state index in [1.807, 2.05) is 0 Å². The van der Waals surface area contributed by atoms with Crippen molar-refractivity contribution in [2.75, 3.05) is 18.8 Å². The molecule has 0 aliphatic carbocycles. The number of hydrogen-bond donors (Lipinski definition) is 1. The summed E-state index contributed by atoms with van der Waals surface area (Å²) in [5, 5.41) is 3.81. The Morgan fingerprint density at radius 2 is 1.78 bits per heavy atom. The molecule has 0 saturated carbocycles. The zero-order valence-electron chi connectivity index (χ0n) is 13.2. The van der Waals surface area contributed by atoms with Gasteiger partial charge in [-0.05, 0) is 30.7 Å². The molecule has 126 valence electrons. The number of anilines is 1. The van der Waals surface area contributed by atoms with E-state index in [1.165, 1.54) is 50.2 Å². The Labute approximate surface area is 135 Å². The highest BCUT2D eigenvalue weighted by Gasteiger charge is 2.22. The second-order valence-electron chi connectivity index (χ2n) is 5.16. The molecular weight excluding hydrogens is 340 g/mol. The number of sulfonamides is 2. The van der Waals surface area contributed by atoms with Crippen LogP contribution in [-0.2, 0) is 27.1 Å². The summed E-state index contributed by atoms with van der Waals surface area (Å²) >= 11 is 0. The minimum absolute atomic E-state index is 0.0100. The summed E-state index contributed by atoms with van der Waals surface area (Å²) in [6.45, 7) is 1.69. The van der Waals surface area contributed by atoms with E-state index in [-0.39, 0.29) is 15.6 Å². The van der Waals surface area contributed by atoms with E-state index < -0.39 is 20.0 Å². The lowest BCUT2D eigenvalue weighted by atomic mass is 10.2. The van der Waals surface area contributed by atoms with Gasteiger partial charge in [0, 0.05) is 21.1 Å². The lowest BCUT2D eigenvalue weighted by Gasteiger charge is -2.15. The molecule has 0 aliphatic heterocycles. The van der Waals surface area contributed by atoms with Gasteiger partial charge in [0.2, 0.25) is 10.0 Å². The van der Waals surface area contributed by atoms with E-state index in [1.54, 1.807) is 13.0 Å². The largest absolute Gasteiger partial charge is 0.279 e. The lowest BCUT2D eigenvalue weighted by molar-refractivity contribution is 0.520. The van der Waals surface area contributed by atoms with Crippen LogP contribution in [0.5, 0.6) is 0 Å². The fraction of sp³-hybridized carbons (Fsp3) is 0.308. The van der Waals surface area contributed by atoms with E-state index in [0.717, 1.165) is 4.31 Å². The highest BCUT2D eigenvalue weighted by molar-refractivity contribution is 7.92. The first-order valence-electron chi connectivity index (χ1n) is 6.60. The average Bonchev–Trinajstić information content (AvgIpc) is 2.87. The quantitative estimate of drug-likeness (QED) is 0.851. The van der Waals surface area contributed by atoms with Crippen LogP contribution < -0.4 is 4.72 Å². The van der Waals surface area contributed by atoms with E-state index >= 15 is 0 Å². The number of hydrogen-bond acceptors (Lipinski definition) is 5. The van der Waals surface area contributed by atoms with Crippen molar-refractivity contribution in [1.29, 1.82) is 0 Å². The van der Waals surface area contributed by atoms with Gasteiger partial charge in [0.25, 0.3) is 10.0 Å². The highest BCUT2D eigenvalue weighted by atomic mass is 32.2. The third-order valence-corrected chi connectivity index (χ3v) is 6.53. The molecule has 0 bridgehead atoms. The summed E-state index contributed by atoms with van der Waals surface area (Å²) in [4.78, 5) is 0.0100. The van der Waals surface area contributed by atoms with Crippen molar-refractivity contribution < 1.29 is 16.8 Å². The van der Waals surface area contributed by atoms with Gasteiger partial charge in [-0.25, -0.2) is 12.7 Å². The van der Waals surface area contributed by atoms with E-state index in [4.69, 9.17) is 0 Å². The second-order valence-corrected chi connectivity index (χ2v) is 8.94. The van der Waals surface area contributed by atoms with Gasteiger partial charge in [-0.3, -0.25) is 9.40 Å². The average molecular weight is 358 g/mol. The Kier molecular flexibility index (Phi) is 4.51. The van der Waals surface area contributed by atoms with Gasteiger partial charge < -0.3 is 0 Å². The number of nitrogens with one attached hydrogen (secondary N) is 1. The third-order valence-electron chi connectivity index (χ3n) is 3.28. The molecule has 23 heavy (non-hydrogen) atoms. The monoisotopic (exact) mass is 358 g/mol. The minimum Gasteiger partial charge on any atom is -0.278 e. The SMILES string of the molecule is Cc1ccc(S(=O)(=O)N(C)C)cc1NS(=O)(=O)c1ccnn1C. The van der Waals surface area contributed by atoms with Gasteiger partial charge in [-0.15, -0.1) is 0 Å². The number of benzene rings is 1. The summed E-state index contributed by atoms with van der Waals surface area (Å²) in [5.74, 6) is 0. The van der Waals surface area contributed by atoms with Gasteiger partial charge in [-0.1, -0.05) is 6.07 Å². The van der Waals surface area contributed by atoms with Crippen molar-refractivity contribution in [1.82, 2.24) is 14.1 Å². The van der Waals surface area contributed by atoms with Crippen LogP contribution in [0.1, 0.15) is 5.56 Å². The van der Waals surface area contributed by atoms with Crippen LogP contribution in [0.15, 0.2) is 40.4 Å². The molecule has 1 aromatic carbocycles. The van der Waals surface area contributed by atoms with Crippen LogP contribution in [0.4, 0.5) is 5.69 Å². The van der Waals surface area contributed by atoms with Gasteiger partial charge in [0.05, 0.1) is 16.8 Å². The topological polar surface area (TPSA) is 101 Å². The zero-order valence-corrected chi connectivity index (χ0v) is 14.8. The van der Waals surface area contributed by atoms with Gasteiger partial charge >= 0.3 is 0 Å². The molecule has 1 aromatic heterocycles. The van der Waals surface area contributed by atoms with Crippen molar-refractivity contribution in [2.45, 2.75) is 16.8 Å². The van der Waals surface area contributed by atoms with E-state index in [0.29, 0.717) is 5.56 Å². The first kappa shape index (κ1) is 17.4. The maximum absolute atomic E-state index is 12.4. The first-order valence-corrected chi connectivity index (χ1v) is 9.52. The molecule has 0 aliphatic rings. The van der Waals surface area contributed by atoms with Crippen LogP contribution >= 0.6 is 0 Å². The van der Waals surface area contributed by atoms with Crippen LogP contribution in [0.3, 0.4) is 0 Å². The first-order chi connectivity index (χ1) is 10.6. The Hall–Kier alpha value is -1.91. The summed E-state index contributed by atoms with van der Waals surface area (Å²) in [6.07, 6.45) is 1.37. The minimum atomic E-state index is -3.86. The van der Waals surface area contributed by atoms with Gasteiger partial charge in [0.15, 0.2) is 5.03 Å². The van der Waals surface area contributed by atoms with E-state index in [9.17, 15) is 16.8 Å². The molecule has 0 unspecified atom stereocenters. The number of aromatic nitrogens is 2. The molecule has 0 atom stereocenters. The summed E-state index contributed by atoms with van der Waals surface area (Å²) in [7, 11) is -3.19. The molecule has 10 heteroatoms. The van der Waals surface area contributed by atoms with Crippen molar-refractivity contribution in [3.63, 3.8) is 0 Å². The van der Waals surface area contributed by atoms with Crippen molar-refractivity contribution in [3.8, 4) is 0 Å². The fourth-order valence-electron chi connectivity index (χ4n) is 1.90. The standard InChI is InChI=1S/C13H18N4O4S2/c1-10-5-6-11(23(20,21)16(2)3)9-12(10)15-22(18,19)13-7-8-14-17(13)4/h5-9,15H,1-4H3. The molecule has 8 nitrogen and oxygen atoms in total. The maximum Gasteiger partial charge on any atom is 0.279 e. The molecule has 2 aromatic rings. The normalized spacial score (nSPS) is 12.6. The van der Waals surface area contributed by atoms with Crippen LogP contribution in [-0.4, -0.2) is 45.0 Å². The lowest BCUT2D eigenvalue weighted by Crippen LogP contribution is -2.23. The summed E-state index contributed by atoms with van der Waals surface area (Å²) in [5.41, 5.74) is 0.808. The number of rotatable bonds is 5. The predicted molar refractivity (Wildman–Crippen MR) is 86.1 cm³/mol. The Balaban J connectivity index is 2.47. The molecule has 0 amide bonds. The van der Waals surface area contributed by atoms with E-state index in [2.05, 4.69) is 9.82 Å². The Morgan fingerprint density at radius 1 is 1.13 bits per heavy atom. The Morgan fingerprint density at radius 3 is 2.30 bits per heavy atom. The van der Waals surface area contributed by atoms with Crippen molar-refractivity contribution >= 4 is 25.7 Å². The van der Waals surface area contributed by atoms with Crippen molar-refractivity contribution in [2.24, 2.45) is 7.05 Å². The molecule has 1 heterocycles. The van der Waals surface area contributed by atoms with Gasteiger partial charge in [-0.2, -0.15) is 13.5 Å². The van der Waals surface area contributed by atoms with Crippen LogP contribution in [0.2, 0.25) is 0 Å². The number of nitrogens with zero attached hydrogens (tertiary/aromatic N) is 3. The molecule has 0 saturated heterocycles. The van der Waals surface area contributed by atoms with Crippen LogP contribution in [0, 0.1) is 6.92 Å². The summed E-state index contributed by atoms with van der Waals surface area (Å²) < 4.78 is 53.9. The molecular formula is C13H18N4O4S2.